The highest BCUT2D eigenvalue weighted by Crippen LogP contribution is 2.47. The first-order valence-corrected chi connectivity index (χ1v) is 8.18. The molecule has 0 saturated heterocycles. The first-order valence-electron chi connectivity index (χ1n) is 7.37. The number of nitrogens with zero attached hydrogens (tertiary/aromatic N) is 2. The standard InChI is InChI=1S/C18H16N2S/c1-11-10-20-16(19(11)2)9-12-7-8-14-13-5-3-4-6-15(13)21-18(14)17(12)20/h3-8,10,16H,9H2,1-2H3. The first-order chi connectivity index (χ1) is 10.2. The molecular weight excluding hydrogens is 276 g/mol. The zero-order valence-electron chi connectivity index (χ0n) is 12.1. The van der Waals surface area contributed by atoms with Gasteiger partial charge >= 0.3 is 0 Å². The van der Waals surface area contributed by atoms with Crippen molar-refractivity contribution in [1.82, 2.24) is 4.90 Å². The van der Waals surface area contributed by atoms with Gasteiger partial charge in [-0.3, -0.25) is 0 Å². The van der Waals surface area contributed by atoms with Crippen molar-refractivity contribution >= 4 is 37.2 Å². The number of hydrogen-bond acceptors (Lipinski definition) is 3. The van der Waals surface area contributed by atoms with Gasteiger partial charge in [0.1, 0.15) is 6.17 Å². The van der Waals surface area contributed by atoms with Gasteiger partial charge in [0.25, 0.3) is 0 Å². The summed E-state index contributed by atoms with van der Waals surface area (Å²) in [6.45, 7) is 2.20. The lowest BCUT2D eigenvalue weighted by molar-refractivity contribution is 0.344. The molecule has 21 heavy (non-hydrogen) atoms. The summed E-state index contributed by atoms with van der Waals surface area (Å²) in [5.74, 6) is 0. The van der Waals surface area contributed by atoms with Crippen LogP contribution in [0.25, 0.3) is 20.2 Å². The van der Waals surface area contributed by atoms with Crippen molar-refractivity contribution in [3.05, 3.63) is 53.9 Å². The van der Waals surface area contributed by atoms with Gasteiger partial charge in [-0.25, -0.2) is 0 Å². The number of allylic oxidation sites excluding steroid dienone is 1. The van der Waals surface area contributed by atoms with Crippen LogP contribution in [-0.4, -0.2) is 18.1 Å². The summed E-state index contributed by atoms with van der Waals surface area (Å²) in [6.07, 6.45) is 3.89. The van der Waals surface area contributed by atoms with Gasteiger partial charge in [0.05, 0.1) is 10.4 Å². The molecule has 0 aliphatic carbocycles. The molecule has 5 rings (SSSR count). The Morgan fingerprint density at radius 3 is 2.86 bits per heavy atom. The van der Waals surface area contributed by atoms with Gasteiger partial charge in [-0.15, -0.1) is 11.3 Å². The van der Waals surface area contributed by atoms with Gasteiger partial charge < -0.3 is 9.80 Å². The van der Waals surface area contributed by atoms with E-state index in [0.29, 0.717) is 6.17 Å². The molecule has 3 heteroatoms. The monoisotopic (exact) mass is 292 g/mol. The Kier molecular flexibility index (Phi) is 2.11. The summed E-state index contributed by atoms with van der Waals surface area (Å²) in [5, 5.41) is 2.78. The van der Waals surface area contributed by atoms with E-state index in [1.165, 1.54) is 37.1 Å². The number of rotatable bonds is 0. The van der Waals surface area contributed by atoms with Crippen LogP contribution in [-0.2, 0) is 6.42 Å². The maximum absolute atomic E-state index is 2.47. The van der Waals surface area contributed by atoms with Crippen molar-refractivity contribution in [3.63, 3.8) is 0 Å². The van der Waals surface area contributed by atoms with Gasteiger partial charge in [-0.05, 0) is 18.6 Å². The van der Waals surface area contributed by atoms with Gasteiger partial charge in [0.15, 0.2) is 0 Å². The molecule has 0 radical (unpaired) electrons. The van der Waals surface area contributed by atoms with Crippen molar-refractivity contribution in [2.75, 3.05) is 11.9 Å². The third-order valence-corrected chi connectivity index (χ3v) is 6.11. The lowest BCUT2D eigenvalue weighted by atomic mass is 10.1. The molecule has 2 aliphatic rings. The molecule has 1 atom stereocenters. The predicted octanol–water partition coefficient (Wildman–Crippen LogP) is 4.55. The van der Waals surface area contributed by atoms with E-state index in [9.17, 15) is 0 Å². The molecule has 0 bridgehead atoms. The lowest BCUT2D eigenvalue weighted by Gasteiger charge is -2.24. The van der Waals surface area contributed by atoms with Gasteiger partial charge in [-0.2, -0.15) is 0 Å². The average Bonchev–Trinajstić information content (AvgIpc) is 3.11. The fourth-order valence-corrected chi connectivity index (χ4v) is 4.98. The quantitative estimate of drug-likeness (QED) is 0.600. The van der Waals surface area contributed by atoms with Crippen LogP contribution < -0.4 is 4.90 Å². The average molecular weight is 292 g/mol. The number of benzene rings is 2. The smallest absolute Gasteiger partial charge is 0.109 e. The van der Waals surface area contributed by atoms with Crippen LogP contribution in [0.1, 0.15) is 12.5 Å². The Balaban J connectivity index is 1.86. The van der Waals surface area contributed by atoms with Crippen LogP contribution in [0.15, 0.2) is 48.3 Å². The minimum atomic E-state index is 0.468. The molecule has 2 aromatic carbocycles. The topological polar surface area (TPSA) is 6.48 Å². The maximum atomic E-state index is 2.47. The molecule has 104 valence electrons. The highest BCUT2D eigenvalue weighted by Gasteiger charge is 2.37. The first kappa shape index (κ1) is 11.6. The molecule has 2 nitrogen and oxygen atoms in total. The van der Waals surface area contributed by atoms with Crippen LogP contribution in [0.4, 0.5) is 5.69 Å². The second-order valence-electron chi connectivity index (χ2n) is 6.02. The van der Waals surface area contributed by atoms with Gasteiger partial charge in [0.2, 0.25) is 0 Å². The molecule has 0 amide bonds. The van der Waals surface area contributed by atoms with E-state index in [-0.39, 0.29) is 0 Å². The minimum absolute atomic E-state index is 0.468. The normalized spacial score (nSPS) is 20.3. The summed E-state index contributed by atoms with van der Waals surface area (Å²) in [4.78, 5) is 4.86. The fourth-order valence-electron chi connectivity index (χ4n) is 3.71. The van der Waals surface area contributed by atoms with E-state index in [0.717, 1.165) is 6.42 Å². The van der Waals surface area contributed by atoms with E-state index >= 15 is 0 Å². The van der Waals surface area contributed by atoms with Gasteiger partial charge in [-0.1, -0.05) is 30.3 Å². The highest BCUT2D eigenvalue weighted by atomic mass is 32.1. The van der Waals surface area contributed by atoms with Crippen LogP contribution in [0, 0.1) is 0 Å². The number of hydrogen-bond donors (Lipinski definition) is 0. The number of thiophene rings is 1. The number of likely N-dealkylation sites (N-methyl/N-ethyl adjacent to an activating group) is 1. The Labute approximate surface area is 127 Å². The second-order valence-corrected chi connectivity index (χ2v) is 7.07. The summed E-state index contributed by atoms with van der Waals surface area (Å²) < 4.78 is 2.83. The summed E-state index contributed by atoms with van der Waals surface area (Å²) in [6, 6.07) is 13.4. The van der Waals surface area contributed by atoms with Crippen LogP contribution in [0.3, 0.4) is 0 Å². The molecule has 3 aromatic rings. The van der Waals surface area contributed by atoms with Crippen molar-refractivity contribution in [1.29, 1.82) is 0 Å². The van der Waals surface area contributed by atoms with Crippen molar-refractivity contribution in [2.45, 2.75) is 19.5 Å². The number of fused-ring (bicyclic) bond motifs is 7. The second kappa shape index (κ2) is 3.80. The van der Waals surface area contributed by atoms with E-state index in [2.05, 4.69) is 66.4 Å². The lowest BCUT2D eigenvalue weighted by Crippen LogP contribution is -2.34. The molecule has 0 N–H and O–H groups in total. The Morgan fingerprint density at radius 1 is 1.10 bits per heavy atom. The number of anilines is 1. The Hall–Kier alpha value is -2.00. The largest absolute Gasteiger partial charge is 0.356 e. The van der Waals surface area contributed by atoms with E-state index in [1.807, 2.05) is 11.3 Å². The molecule has 3 heterocycles. The van der Waals surface area contributed by atoms with Crippen molar-refractivity contribution in [2.24, 2.45) is 0 Å². The zero-order valence-corrected chi connectivity index (χ0v) is 12.9. The van der Waals surface area contributed by atoms with Gasteiger partial charge in [0, 0.05) is 40.8 Å². The predicted molar refractivity (Wildman–Crippen MR) is 90.8 cm³/mol. The molecule has 0 spiro atoms. The van der Waals surface area contributed by atoms with Crippen LogP contribution in [0.5, 0.6) is 0 Å². The SMILES string of the molecule is CC1=CN2c3c(ccc4c3sc3ccccc34)CC2N1C. The van der Waals surface area contributed by atoms with Crippen molar-refractivity contribution in [3.8, 4) is 0 Å². The summed E-state index contributed by atoms with van der Waals surface area (Å²) >= 11 is 1.93. The summed E-state index contributed by atoms with van der Waals surface area (Å²) in [5.41, 5.74) is 4.26. The Morgan fingerprint density at radius 2 is 1.95 bits per heavy atom. The highest BCUT2D eigenvalue weighted by molar-refractivity contribution is 7.26. The molecule has 0 saturated carbocycles. The van der Waals surface area contributed by atoms with Crippen LogP contribution >= 0.6 is 11.3 Å². The molecule has 1 unspecified atom stereocenters. The van der Waals surface area contributed by atoms with Crippen LogP contribution in [0.2, 0.25) is 0 Å². The van der Waals surface area contributed by atoms with E-state index in [4.69, 9.17) is 0 Å². The third kappa shape index (κ3) is 1.37. The fraction of sp³-hybridized carbons (Fsp3) is 0.222. The maximum Gasteiger partial charge on any atom is 0.109 e. The molecular formula is C18H16N2S. The third-order valence-electron chi connectivity index (χ3n) is 4.92. The zero-order chi connectivity index (χ0) is 14.1. The molecule has 0 fully saturated rings. The van der Waals surface area contributed by atoms with E-state index < -0.39 is 0 Å². The molecule has 1 aromatic heterocycles. The summed E-state index contributed by atoms with van der Waals surface area (Å²) in [7, 11) is 2.20. The Bertz CT molecular complexity index is 922. The van der Waals surface area contributed by atoms with Crippen molar-refractivity contribution < 1.29 is 0 Å². The minimum Gasteiger partial charge on any atom is -0.356 e. The molecule has 2 aliphatic heterocycles. The van der Waals surface area contributed by atoms with E-state index in [1.54, 1.807) is 0 Å².